The number of aryl methyl sites for hydroxylation is 1. The maximum Gasteiger partial charge on any atom is 0.181 e. The predicted molar refractivity (Wildman–Crippen MR) is 62.0 cm³/mol. The van der Waals surface area contributed by atoms with Gasteiger partial charge in [-0.25, -0.2) is 4.98 Å². The van der Waals surface area contributed by atoms with Gasteiger partial charge in [0.05, 0.1) is 5.69 Å². The van der Waals surface area contributed by atoms with E-state index in [9.17, 15) is 0 Å². The quantitative estimate of drug-likeness (QED) is 0.786. The van der Waals surface area contributed by atoms with Gasteiger partial charge in [0.2, 0.25) is 0 Å². The number of rotatable bonds is 3. The number of likely N-dealkylation sites (N-methyl/N-ethyl adjacent to an activating group) is 1. The molecule has 0 aliphatic carbocycles. The summed E-state index contributed by atoms with van der Waals surface area (Å²) in [6, 6.07) is 0.426. The maximum absolute atomic E-state index is 5.81. The topological polar surface area (TPSA) is 58.5 Å². The minimum absolute atomic E-state index is 0.426. The van der Waals surface area contributed by atoms with Crippen molar-refractivity contribution >= 4 is 0 Å². The molecule has 5 nitrogen and oxygen atoms in total. The van der Waals surface area contributed by atoms with Gasteiger partial charge in [-0.15, -0.1) is 0 Å². The van der Waals surface area contributed by atoms with Crippen LogP contribution in [-0.2, 0) is 6.54 Å². The zero-order valence-corrected chi connectivity index (χ0v) is 10.0. The molecule has 0 radical (unpaired) electrons. The summed E-state index contributed by atoms with van der Waals surface area (Å²) in [6.07, 6.45) is 1.51. The molecule has 2 N–H and O–H groups in total. The van der Waals surface area contributed by atoms with Crippen LogP contribution in [0.25, 0.3) is 0 Å². The highest BCUT2D eigenvalue weighted by Gasteiger charge is 2.25. The first-order chi connectivity index (χ1) is 7.70. The van der Waals surface area contributed by atoms with E-state index in [2.05, 4.69) is 21.8 Å². The van der Waals surface area contributed by atoms with E-state index in [0.29, 0.717) is 12.6 Å². The number of nitrogens with zero attached hydrogens (tertiary/aromatic N) is 3. The zero-order valence-electron chi connectivity index (χ0n) is 10.0. The third-order valence-electron chi connectivity index (χ3n) is 3.28. The summed E-state index contributed by atoms with van der Waals surface area (Å²) in [7, 11) is 2.14. The summed E-state index contributed by atoms with van der Waals surface area (Å²) >= 11 is 0. The van der Waals surface area contributed by atoms with Crippen LogP contribution in [0, 0.1) is 6.92 Å². The number of piperazine rings is 1. The Morgan fingerprint density at radius 3 is 3.00 bits per heavy atom. The van der Waals surface area contributed by atoms with Crippen LogP contribution in [-0.4, -0.2) is 54.1 Å². The number of hydrogen-bond donors (Lipinski definition) is 1. The Bertz CT molecular complexity index is 338. The van der Waals surface area contributed by atoms with Gasteiger partial charge in [0, 0.05) is 38.8 Å². The van der Waals surface area contributed by atoms with Crippen molar-refractivity contribution in [3.8, 4) is 0 Å². The van der Waals surface area contributed by atoms with Crippen LogP contribution in [0.3, 0.4) is 0 Å². The van der Waals surface area contributed by atoms with Crippen molar-refractivity contribution in [2.24, 2.45) is 5.73 Å². The largest absolute Gasteiger partial charge is 0.448 e. The number of nitrogens with two attached hydrogens (primary N) is 1. The van der Waals surface area contributed by atoms with Crippen LogP contribution in [0.4, 0.5) is 0 Å². The normalized spacial score (nSPS) is 23.8. The first-order valence-corrected chi connectivity index (χ1v) is 5.72. The van der Waals surface area contributed by atoms with E-state index < -0.39 is 0 Å². The van der Waals surface area contributed by atoms with Gasteiger partial charge in [0.25, 0.3) is 0 Å². The van der Waals surface area contributed by atoms with Gasteiger partial charge in [0.15, 0.2) is 6.39 Å². The molecule has 2 rings (SSSR count). The van der Waals surface area contributed by atoms with E-state index in [0.717, 1.165) is 37.6 Å². The van der Waals surface area contributed by atoms with Gasteiger partial charge in [-0.05, 0) is 14.0 Å². The average molecular weight is 224 g/mol. The highest BCUT2D eigenvalue weighted by molar-refractivity contribution is 5.05. The standard InChI is InChI=1S/C11H20N4O/c1-9-11(13-8-16-9)7-15-4-3-14(2)6-10(15)5-12/h8,10H,3-7,12H2,1-2H3. The average Bonchev–Trinajstić information content (AvgIpc) is 2.67. The van der Waals surface area contributed by atoms with Crippen molar-refractivity contribution in [1.82, 2.24) is 14.8 Å². The minimum atomic E-state index is 0.426. The van der Waals surface area contributed by atoms with Crippen molar-refractivity contribution in [1.29, 1.82) is 0 Å². The van der Waals surface area contributed by atoms with Crippen LogP contribution < -0.4 is 5.73 Å². The molecule has 90 valence electrons. The number of oxazole rings is 1. The lowest BCUT2D eigenvalue weighted by Crippen LogP contribution is -2.54. The summed E-state index contributed by atoms with van der Waals surface area (Å²) in [5, 5.41) is 0. The lowest BCUT2D eigenvalue weighted by atomic mass is 10.1. The lowest BCUT2D eigenvalue weighted by Gasteiger charge is -2.39. The predicted octanol–water partition coefficient (Wildman–Crippen LogP) is 0.0577. The monoisotopic (exact) mass is 224 g/mol. The van der Waals surface area contributed by atoms with Crippen LogP contribution in [0.1, 0.15) is 11.5 Å². The van der Waals surface area contributed by atoms with E-state index >= 15 is 0 Å². The van der Waals surface area contributed by atoms with Gasteiger partial charge in [-0.3, -0.25) is 4.90 Å². The van der Waals surface area contributed by atoms with E-state index in [1.54, 1.807) is 0 Å². The molecule has 1 fully saturated rings. The Kier molecular flexibility index (Phi) is 3.58. The molecular weight excluding hydrogens is 204 g/mol. The van der Waals surface area contributed by atoms with Crippen molar-refractivity contribution in [2.75, 3.05) is 33.2 Å². The Balaban J connectivity index is 2.01. The SMILES string of the molecule is Cc1ocnc1CN1CCN(C)CC1CN. The molecule has 1 unspecified atom stereocenters. The summed E-state index contributed by atoms with van der Waals surface area (Å²) in [5.74, 6) is 0.912. The highest BCUT2D eigenvalue weighted by Crippen LogP contribution is 2.14. The number of aromatic nitrogens is 1. The molecule has 0 spiro atoms. The molecule has 1 aliphatic heterocycles. The smallest absolute Gasteiger partial charge is 0.181 e. The van der Waals surface area contributed by atoms with Crippen LogP contribution in [0.2, 0.25) is 0 Å². The molecule has 2 heterocycles. The first-order valence-electron chi connectivity index (χ1n) is 5.72. The summed E-state index contributed by atoms with van der Waals surface area (Å²) < 4.78 is 5.22. The van der Waals surface area contributed by atoms with Crippen LogP contribution in [0.5, 0.6) is 0 Å². The van der Waals surface area contributed by atoms with Crippen molar-refractivity contribution in [3.63, 3.8) is 0 Å². The van der Waals surface area contributed by atoms with E-state index in [1.807, 2.05) is 6.92 Å². The zero-order chi connectivity index (χ0) is 11.5. The fourth-order valence-electron chi connectivity index (χ4n) is 2.15. The Labute approximate surface area is 96.2 Å². The molecule has 1 atom stereocenters. The second-order valence-corrected chi connectivity index (χ2v) is 4.48. The molecule has 1 saturated heterocycles. The molecule has 0 bridgehead atoms. The van der Waals surface area contributed by atoms with Gasteiger partial charge >= 0.3 is 0 Å². The van der Waals surface area contributed by atoms with E-state index in [4.69, 9.17) is 10.2 Å². The summed E-state index contributed by atoms with van der Waals surface area (Å²) in [5.41, 5.74) is 6.84. The summed E-state index contributed by atoms with van der Waals surface area (Å²) in [6.45, 7) is 6.67. The first kappa shape index (κ1) is 11.6. The van der Waals surface area contributed by atoms with Crippen molar-refractivity contribution in [2.45, 2.75) is 19.5 Å². The molecule has 0 saturated carbocycles. The lowest BCUT2D eigenvalue weighted by molar-refractivity contribution is 0.0867. The molecule has 1 aromatic heterocycles. The van der Waals surface area contributed by atoms with Gasteiger partial charge in [-0.1, -0.05) is 0 Å². The fraction of sp³-hybridized carbons (Fsp3) is 0.727. The third-order valence-corrected chi connectivity index (χ3v) is 3.28. The van der Waals surface area contributed by atoms with Crippen LogP contribution >= 0.6 is 0 Å². The highest BCUT2D eigenvalue weighted by atomic mass is 16.3. The molecule has 1 aliphatic rings. The fourth-order valence-corrected chi connectivity index (χ4v) is 2.15. The Morgan fingerprint density at radius 2 is 2.38 bits per heavy atom. The minimum Gasteiger partial charge on any atom is -0.448 e. The van der Waals surface area contributed by atoms with E-state index in [-0.39, 0.29) is 0 Å². The molecule has 0 aromatic carbocycles. The molecule has 0 amide bonds. The maximum atomic E-state index is 5.81. The Morgan fingerprint density at radius 1 is 1.56 bits per heavy atom. The second kappa shape index (κ2) is 4.95. The molecule has 16 heavy (non-hydrogen) atoms. The van der Waals surface area contributed by atoms with E-state index in [1.165, 1.54) is 6.39 Å². The third kappa shape index (κ3) is 2.42. The van der Waals surface area contributed by atoms with Gasteiger partial charge in [0.1, 0.15) is 5.76 Å². The van der Waals surface area contributed by atoms with Gasteiger partial charge in [-0.2, -0.15) is 0 Å². The molecule has 5 heteroatoms. The molecular formula is C11H20N4O. The Hall–Kier alpha value is -0.910. The van der Waals surface area contributed by atoms with Crippen LogP contribution in [0.15, 0.2) is 10.8 Å². The second-order valence-electron chi connectivity index (χ2n) is 4.48. The van der Waals surface area contributed by atoms with Gasteiger partial charge < -0.3 is 15.1 Å². The van der Waals surface area contributed by atoms with Crippen molar-refractivity contribution in [3.05, 3.63) is 17.8 Å². The number of hydrogen-bond acceptors (Lipinski definition) is 5. The molecule has 1 aromatic rings. The van der Waals surface area contributed by atoms with Crippen molar-refractivity contribution < 1.29 is 4.42 Å². The summed E-state index contributed by atoms with van der Waals surface area (Å²) in [4.78, 5) is 8.95.